The van der Waals surface area contributed by atoms with Gasteiger partial charge in [-0.1, -0.05) is 36.9 Å². The summed E-state index contributed by atoms with van der Waals surface area (Å²) in [5.74, 6) is 0.465. The van der Waals surface area contributed by atoms with Gasteiger partial charge in [-0.3, -0.25) is 0 Å². The fourth-order valence-corrected chi connectivity index (χ4v) is 4.34. The SMILES string of the molecule is C=Cc1ccc(CC(CN)CCC[Si](OC)(OC)OC)cc1.Cl.N. The maximum absolute atomic E-state index is 5.93. The second kappa shape index (κ2) is 13.5. The molecule has 7 heteroatoms. The van der Waals surface area contributed by atoms with Gasteiger partial charge in [0.05, 0.1) is 0 Å². The average Bonchev–Trinajstić information content (AvgIpc) is 2.58. The molecule has 1 rings (SSSR count). The van der Waals surface area contributed by atoms with Crippen LogP contribution < -0.4 is 11.9 Å². The van der Waals surface area contributed by atoms with Gasteiger partial charge in [0.25, 0.3) is 0 Å². The zero-order valence-electron chi connectivity index (χ0n) is 15.1. The number of halogens is 1. The van der Waals surface area contributed by atoms with Gasteiger partial charge in [-0.05, 0) is 42.9 Å². The summed E-state index contributed by atoms with van der Waals surface area (Å²) in [6, 6.07) is 9.31. The van der Waals surface area contributed by atoms with Crippen molar-refractivity contribution in [2.75, 3.05) is 27.9 Å². The minimum Gasteiger partial charge on any atom is -0.377 e. The quantitative estimate of drug-likeness (QED) is 0.575. The molecule has 0 radical (unpaired) electrons. The van der Waals surface area contributed by atoms with Gasteiger partial charge in [0.15, 0.2) is 0 Å². The lowest BCUT2D eigenvalue weighted by Crippen LogP contribution is -2.42. The van der Waals surface area contributed by atoms with Crippen molar-refractivity contribution in [2.24, 2.45) is 11.7 Å². The largest absolute Gasteiger partial charge is 0.500 e. The van der Waals surface area contributed by atoms with Gasteiger partial charge in [0, 0.05) is 27.4 Å². The van der Waals surface area contributed by atoms with Gasteiger partial charge >= 0.3 is 8.80 Å². The Hall–Kier alpha value is -0.733. The van der Waals surface area contributed by atoms with E-state index < -0.39 is 8.80 Å². The van der Waals surface area contributed by atoms with E-state index in [0.717, 1.165) is 30.9 Å². The van der Waals surface area contributed by atoms with Crippen molar-refractivity contribution in [3.63, 3.8) is 0 Å². The maximum atomic E-state index is 5.93. The summed E-state index contributed by atoms with van der Waals surface area (Å²) in [4.78, 5) is 0. The molecule has 1 unspecified atom stereocenters. The molecule has 1 atom stereocenters. The summed E-state index contributed by atoms with van der Waals surface area (Å²) in [6.07, 6.45) is 4.89. The highest BCUT2D eigenvalue weighted by Crippen LogP contribution is 2.21. The molecule has 0 aromatic heterocycles. The van der Waals surface area contributed by atoms with Gasteiger partial charge in [0.1, 0.15) is 0 Å². The van der Waals surface area contributed by atoms with Crippen LogP contribution in [0.2, 0.25) is 6.04 Å². The standard InChI is InChI=1S/C17H29NO3Si.ClH.H3N/c1-5-15-8-10-16(11-9-15)13-17(14-18)7-6-12-22(19-2,20-3)21-4;;/h5,8-11,17H,1,6-7,12-14,18H2,2-4H3;1H;1H3. The van der Waals surface area contributed by atoms with Crippen LogP contribution in [0.25, 0.3) is 6.08 Å². The molecule has 5 N–H and O–H groups in total. The summed E-state index contributed by atoms with van der Waals surface area (Å²) in [5.41, 5.74) is 8.38. The predicted molar refractivity (Wildman–Crippen MR) is 106 cm³/mol. The number of nitrogens with two attached hydrogens (primary N) is 1. The molecule has 24 heavy (non-hydrogen) atoms. The van der Waals surface area contributed by atoms with E-state index in [4.69, 9.17) is 19.0 Å². The molecule has 1 aromatic rings. The first-order valence-corrected chi connectivity index (χ1v) is 9.63. The molecule has 0 saturated heterocycles. The molecule has 0 aliphatic rings. The first kappa shape index (κ1) is 25.5. The monoisotopic (exact) mass is 376 g/mol. The van der Waals surface area contributed by atoms with E-state index in [0.29, 0.717) is 12.5 Å². The van der Waals surface area contributed by atoms with Crippen LogP contribution in [0.4, 0.5) is 0 Å². The predicted octanol–water partition coefficient (Wildman–Crippen LogP) is 3.69. The van der Waals surface area contributed by atoms with Crippen LogP contribution in [0, 0.1) is 5.92 Å². The van der Waals surface area contributed by atoms with Crippen molar-refractivity contribution < 1.29 is 13.3 Å². The average molecular weight is 377 g/mol. The highest BCUT2D eigenvalue weighted by atomic mass is 35.5. The summed E-state index contributed by atoms with van der Waals surface area (Å²) in [7, 11) is 2.51. The molecular formula is C17H33ClN2O3Si. The van der Waals surface area contributed by atoms with E-state index in [1.807, 2.05) is 6.08 Å². The highest BCUT2D eigenvalue weighted by Gasteiger charge is 2.37. The summed E-state index contributed by atoms with van der Waals surface area (Å²) < 4.78 is 16.3. The molecule has 0 aliphatic heterocycles. The third kappa shape index (κ3) is 7.89. The van der Waals surface area contributed by atoms with E-state index in [9.17, 15) is 0 Å². The van der Waals surface area contributed by atoms with Gasteiger partial charge < -0.3 is 25.2 Å². The van der Waals surface area contributed by atoms with E-state index in [1.165, 1.54) is 5.56 Å². The molecule has 0 bridgehead atoms. The Bertz CT molecular complexity index is 434. The Morgan fingerprint density at radius 3 is 2.08 bits per heavy atom. The molecule has 0 heterocycles. The molecular weight excluding hydrogens is 344 g/mol. The molecule has 1 aromatic carbocycles. The Morgan fingerprint density at radius 2 is 1.67 bits per heavy atom. The van der Waals surface area contributed by atoms with Gasteiger partial charge in [0.2, 0.25) is 0 Å². The fourth-order valence-electron chi connectivity index (χ4n) is 2.59. The number of benzene rings is 1. The second-order valence-corrected chi connectivity index (χ2v) is 8.53. The van der Waals surface area contributed by atoms with Crippen LogP contribution in [0.1, 0.15) is 24.0 Å². The lowest BCUT2D eigenvalue weighted by Gasteiger charge is -2.25. The first-order chi connectivity index (χ1) is 10.6. The summed E-state index contributed by atoms with van der Waals surface area (Å²) >= 11 is 0. The molecule has 0 spiro atoms. The van der Waals surface area contributed by atoms with E-state index >= 15 is 0 Å². The Labute approximate surface area is 153 Å². The van der Waals surface area contributed by atoms with E-state index in [2.05, 4.69) is 30.8 Å². The Balaban J connectivity index is 0. The lowest BCUT2D eigenvalue weighted by molar-refractivity contribution is 0.122. The zero-order valence-corrected chi connectivity index (χ0v) is 16.9. The smallest absolute Gasteiger partial charge is 0.377 e. The third-order valence-corrected chi connectivity index (χ3v) is 6.93. The van der Waals surface area contributed by atoms with Crippen molar-refractivity contribution >= 4 is 27.3 Å². The van der Waals surface area contributed by atoms with Crippen molar-refractivity contribution in [1.29, 1.82) is 0 Å². The Morgan fingerprint density at radius 1 is 1.12 bits per heavy atom. The van der Waals surface area contributed by atoms with Crippen LogP contribution in [-0.2, 0) is 19.7 Å². The van der Waals surface area contributed by atoms with Crippen molar-refractivity contribution in [3.8, 4) is 0 Å². The number of rotatable bonds is 11. The number of hydrogen-bond acceptors (Lipinski definition) is 5. The fraction of sp³-hybridized carbons (Fsp3) is 0.529. The summed E-state index contributed by atoms with van der Waals surface area (Å²) in [6.45, 7) is 4.46. The van der Waals surface area contributed by atoms with Crippen LogP contribution in [0.3, 0.4) is 0 Å². The van der Waals surface area contributed by atoms with Crippen LogP contribution in [-0.4, -0.2) is 36.7 Å². The third-order valence-electron chi connectivity index (χ3n) is 4.10. The van der Waals surface area contributed by atoms with Crippen molar-refractivity contribution in [3.05, 3.63) is 42.0 Å². The first-order valence-electron chi connectivity index (χ1n) is 7.70. The minimum atomic E-state index is -2.45. The normalized spacial score (nSPS) is 12.0. The molecule has 0 aliphatic carbocycles. The number of hydrogen-bond donors (Lipinski definition) is 2. The molecule has 140 valence electrons. The maximum Gasteiger partial charge on any atom is 0.500 e. The lowest BCUT2D eigenvalue weighted by atomic mass is 9.95. The molecule has 5 nitrogen and oxygen atoms in total. The van der Waals surface area contributed by atoms with E-state index in [1.54, 1.807) is 21.3 Å². The zero-order chi connectivity index (χ0) is 16.4. The van der Waals surface area contributed by atoms with Crippen molar-refractivity contribution in [1.82, 2.24) is 6.15 Å². The summed E-state index contributed by atoms with van der Waals surface area (Å²) in [5, 5.41) is 0. The van der Waals surface area contributed by atoms with Gasteiger partial charge in [-0.2, -0.15) is 0 Å². The second-order valence-electron chi connectivity index (χ2n) is 5.44. The van der Waals surface area contributed by atoms with Crippen molar-refractivity contribution in [2.45, 2.75) is 25.3 Å². The van der Waals surface area contributed by atoms with Gasteiger partial charge in [-0.25, -0.2) is 0 Å². The Kier molecular flexibility index (Phi) is 14.4. The molecule has 0 fully saturated rings. The minimum absolute atomic E-state index is 0. The highest BCUT2D eigenvalue weighted by molar-refractivity contribution is 6.60. The van der Waals surface area contributed by atoms with Gasteiger partial charge in [-0.15, -0.1) is 12.4 Å². The topological polar surface area (TPSA) is 88.7 Å². The van der Waals surface area contributed by atoms with Crippen LogP contribution >= 0.6 is 12.4 Å². The molecule has 0 saturated carbocycles. The van der Waals surface area contributed by atoms with Crippen LogP contribution in [0.5, 0.6) is 0 Å². The van der Waals surface area contributed by atoms with Crippen LogP contribution in [0.15, 0.2) is 30.8 Å². The van der Waals surface area contributed by atoms with E-state index in [-0.39, 0.29) is 18.6 Å². The molecule has 0 amide bonds.